The summed E-state index contributed by atoms with van der Waals surface area (Å²) in [5, 5.41) is 9.14. The molecule has 76 valence electrons. The number of hydrogen-bond acceptors (Lipinski definition) is 4. The highest BCUT2D eigenvalue weighted by atomic mass is 35.5. The number of nitrogens with two attached hydrogens (primary N) is 1. The van der Waals surface area contributed by atoms with E-state index in [1.807, 2.05) is 0 Å². The van der Waals surface area contributed by atoms with Gasteiger partial charge in [0.05, 0.1) is 6.42 Å². The van der Waals surface area contributed by atoms with Gasteiger partial charge in [0.2, 0.25) is 0 Å². The maximum Gasteiger partial charge on any atom is 0.312 e. The maximum absolute atomic E-state index is 11.0. The molecule has 0 bridgehead atoms. The number of carbonyl (C=O) groups is 1. The van der Waals surface area contributed by atoms with Gasteiger partial charge in [-0.15, -0.1) is 11.6 Å². The molecule has 0 amide bonds. The standard InChI is InChI=1S/C9H10ClNO3/c10-2-1-9(13)14-8-4-6(11)3-7(12)5-8/h3-5,12H,1-2,11H2. The van der Waals surface area contributed by atoms with Crippen molar-refractivity contribution < 1.29 is 14.6 Å². The van der Waals surface area contributed by atoms with Gasteiger partial charge in [0.25, 0.3) is 0 Å². The molecule has 0 radical (unpaired) electrons. The minimum absolute atomic E-state index is 0.0429. The average Bonchev–Trinajstić information content (AvgIpc) is 2.01. The number of phenols is 1. The van der Waals surface area contributed by atoms with Crippen molar-refractivity contribution in [2.24, 2.45) is 0 Å². The number of halogens is 1. The number of phenolic OH excluding ortho intramolecular Hbond substituents is 1. The van der Waals surface area contributed by atoms with E-state index in [1.165, 1.54) is 18.2 Å². The molecule has 5 heteroatoms. The molecule has 3 N–H and O–H groups in total. The van der Waals surface area contributed by atoms with Crippen molar-refractivity contribution in [1.29, 1.82) is 0 Å². The Morgan fingerprint density at radius 2 is 2.21 bits per heavy atom. The molecule has 0 fully saturated rings. The Morgan fingerprint density at radius 3 is 2.79 bits per heavy atom. The molecule has 4 nitrogen and oxygen atoms in total. The largest absolute Gasteiger partial charge is 0.508 e. The number of aromatic hydroxyl groups is 1. The SMILES string of the molecule is Nc1cc(O)cc(OC(=O)CCCl)c1. The van der Waals surface area contributed by atoms with Crippen LogP contribution in [0.2, 0.25) is 0 Å². The normalized spacial score (nSPS) is 9.79. The molecule has 0 aliphatic heterocycles. The molecule has 1 aromatic rings. The first kappa shape index (κ1) is 10.7. The molecule has 1 rings (SSSR count). The van der Waals surface area contributed by atoms with Crippen LogP contribution in [0.1, 0.15) is 6.42 Å². The molecule has 1 aromatic carbocycles. The van der Waals surface area contributed by atoms with E-state index in [1.54, 1.807) is 0 Å². The number of hydrogen-bond donors (Lipinski definition) is 2. The Balaban J connectivity index is 2.71. The first-order valence-corrected chi connectivity index (χ1v) is 4.51. The second kappa shape index (κ2) is 4.72. The number of ether oxygens (including phenoxy) is 1. The van der Waals surface area contributed by atoms with Gasteiger partial charge >= 0.3 is 5.97 Å². The number of carbonyl (C=O) groups excluding carboxylic acids is 1. The van der Waals surface area contributed by atoms with Crippen LogP contribution >= 0.6 is 11.6 Å². The number of alkyl halides is 1. The fourth-order valence-corrected chi connectivity index (χ4v) is 1.08. The van der Waals surface area contributed by atoms with Gasteiger partial charge in [-0.25, -0.2) is 0 Å². The lowest BCUT2D eigenvalue weighted by Crippen LogP contribution is -2.08. The summed E-state index contributed by atoms with van der Waals surface area (Å²) in [5.41, 5.74) is 5.76. The molecule has 0 atom stereocenters. The average molecular weight is 216 g/mol. The highest BCUT2D eigenvalue weighted by Crippen LogP contribution is 2.23. The van der Waals surface area contributed by atoms with Crippen LogP contribution in [0.25, 0.3) is 0 Å². The van der Waals surface area contributed by atoms with Gasteiger partial charge in [-0.2, -0.15) is 0 Å². The van der Waals surface area contributed by atoms with E-state index in [0.29, 0.717) is 5.69 Å². The number of anilines is 1. The summed E-state index contributed by atoms with van der Waals surface area (Å²) in [7, 11) is 0. The minimum atomic E-state index is -0.454. The lowest BCUT2D eigenvalue weighted by atomic mass is 10.3. The van der Waals surface area contributed by atoms with Gasteiger partial charge in [0.1, 0.15) is 11.5 Å². The predicted molar refractivity (Wildman–Crippen MR) is 53.5 cm³/mol. The third-order valence-corrected chi connectivity index (χ3v) is 1.63. The summed E-state index contributed by atoms with van der Waals surface area (Å²) >= 11 is 5.35. The van der Waals surface area contributed by atoms with Crippen molar-refractivity contribution in [3.05, 3.63) is 18.2 Å². The van der Waals surface area contributed by atoms with E-state index in [2.05, 4.69) is 0 Å². The lowest BCUT2D eigenvalue weighted by molar-refractivity contribution is -0.133. The highest BCUT2D eigenvalue weighted by molar-refractivity contribution is 6.18. The molecule has 0 spiro atoms. The molecule has 0 aromatic heterocycles. The van der Waals surface area contributed by atoms with Gasteiger partial charge in [-0.1, -0.05) is 0 Å². The highest BCUT2D eigenvalue weighted by Gasteiger charge is 2.05. The molecular formula is C9H10ClNO3. The topological polar surface area (TPSA) is 72.6 Å². The Kier molecular flexibility index (Phi) is 3.59. The van der Waals surface area contributed by atoms with Gasteiger partial charge in [-0.3, -0.25) is 4.79 Å². The first-order chi connectivity index (χ1) is 6.61. The summed E-state index contributed by atoms with van der Waals surface area (Å²) in [4.78, 5) is 11.0. The van der Waals surface area contributed by atoms with Gasteiger partial charge < -0.3 is 15.6 Å². The zero-order valence-corrected chi connectivity index (χ0v) is 8.12. The molecule has 0 aliphatic carbocycles. The Bertz CT molecular complexity index is 321. The van der Waals surface area contributed by atoms with Crippen LogP contribution in [-0.4, -0.2) is 17.0 Å². The summed E-state index contributed by atoms with van der Waals surface area (Å²) in [6, 6.07) is 4.12. The van der Waals surface area contributed by atoms with Crippen LogP contribution in [0.4, 0.5) is 5.69 Å². The summed E-state index contributed by atoms with van der Waals surface area (Å²) in [5.74, 6) is -0.0751. The van der Waals surface area contributed by atoms with Crippen LogP contribution in [-0.2, 0) is 4.79 Å². The third-order valence-electron chi connectivity index (χ3n) is 1.44. The lowest BCUT2D eigenvalue weighted by Gasteiger charge is -2.04. The van der Waals surface area contributed by atoms with Gasteiger partial charge in [0.15, 0.2) is 0 Å². The van der Waals surface area contributed by atoms with Crippen molar-refractivity contribution >= 4 is 23.3 Å². The molecule has 0 saturated carbocycles. The number of nitrogen functional groups attached to an aromatic ring is 1. The van der Waals surface area contributed by atoms with Crippen LogP contribution in [0.15, 0.2) is 18.2 Å². The van der Waals surface area contributed by atoms with E-state index >= 15 is 0 Å². The number of benzene rings is 1. The van der Waals surface area contributed by atoms with Crippen molar-refractivity contribution in [3.8, 4) is 11.5 Å². The fraction of sp³-hybridized carbons (Fsp3) is 0.222. The zero-order valence-electron chi connectivity index (χ0n) is 7.37. The van der Waals surface area contributed by atoms with Crippen molar-refractivity contribution in [2.75, 3.05) is 11.6 Å². The fourth-order valence-electron chi connectivity index (χ4n) is 0.924. The molecular weight excluding hydrogens is 206 g/mol. The second-order valence-corrected chi connectivity index (χ2v) is 3.05. The minimum Gasteiger partial charge on any atom is -0.508 e. The Morgan fingerprint density at radius 1 is 1.50 bits per heavy atom. The Hall–Kier alpha value is -1.42. The van der Waals surface area contributed by atoms with Crippen molar-refractivity contribution in [1.82, 2.24) is 0 Å². The molecule has 0 heterocycles. The van der Waals surface area contributed by atoms with Crippen LogP contribution < -0.4 is 10.5 Å². The van der Waals surface area contributed by atoms with E-state index in [0.717, 1.165) is 0 Å². The van der Waals surface area contributed by atoms with E-state index in [-0.39, 0.29) is 23.8 Å². The second-order valence-electron chi connectivity index (χ2n) is 2.67. The molecule has 0 aliphatic rings. The monoisotopic (exact) mass is 215 g/mol. The van der Waals surface area contributed by atoms with E-state index < -0.39 is 5.97 Å². The van der Waals surface area contributed by atoms with Crippen LogP contribution in [0.3, 0.4) is 0 Å². The summed E-state index contributed by atoms with van der Waals surface area (Å²) < 4.78 is 4.85. The van der Waals surface area contributed by atoms with Gasteiger partial charge in [0, 0.05) is 29.8 Å². The van der Waals surface area contributed by atoms with Crippen LogP contribution in [0, 0.1) is 0 Å². The molecule has 0 unspecified atom stereocenters. The molecule has 14 heavy (non-hydrogen) atoms. The number of rotatable bonds is 3. The zero-order chi connectivity index (χ0) is 10.6. The predicted octanol–water partition coefficient (Wildman–Crippen LogP) is 1.51. The van der Waals surface area contributed by atoms with Crippen molar-refractivity contribution in [3.63, 3.8) is 0 Å². The van der Waals surface area contributed by atoms with Crippen molar-refractivity contribution in [2.45, 2.75) is 6.42 Å². The van der Waals surface area contributed by atoms with E-state index in [4.69, 9.17) is 27.2 Å². The smallest absolute Gasteiger partial charge is 0.312 e. The Labute approximate surface area is 86.2 Å². The van der Waals surface area contributed by atoms with Gasteiger partial charge in [-0.05, 0) is 0 Å². The van der Waals surface area contributed by atoms with Crippen LogP contribution in [0.5, 0.6) is 11.5 Å². The summed E-state index contributed by atoms with van der Waals surface area (Å²) in [6.45, 7) is 0. The summed E-state index contributed by atoms with van der Waals surface area (Å²) in [6.07, 6.45) is 0.122. The number of esters is 1. The molecule has 0 saturated heterocycles. The first-order valence-electron chi connectivity index (χ1n) is 3.98. The quantitative estimate of drug-likeness (QED) is 0.347. The van der Waals surface area contributed by atoms with E-state index in [9.17, 15) is 4.79 Å². The third kappa shape index (κ3) is 3.14. The maximum atomic E-state index is 11.0.